The molecule has 3 atom stereocenters. The van der Waals surface area contributed by atoms with Gasteiger partial charge in [0.25, 0.3) is 0 Å². The Balaban J connectivity index is 2.16. The van der Waals surface area contributed by atoms with Crippen LogP contribution in [0, 0.1) is 0 Å². The lowest BCUT2D eigenvalue weighted by Crippen LogP contribution is -2.52. The Hall–Kier alpha value is -1.39. The zero-order valence-corrected chi connectivity index (χ0v) is 12.3. The summed E-state index contributed by atoms with van der Waals surface area (Å²) < 4.78 is 5.21. The van der Waals surface area contributed by atoms with Crippen LogP contribution >= 0.6 is 0 Å². The molecule has 0 unspecified atom stereocenters. The van der Waals surface area contributed by atoms with Crippen molar-refractivity contribution in [3.8, 4) is 0 Å². The highest BCUT2D eigenvalue weighted by Gasteiger charge is 2.35. The number of hydrogen-bond donors (Lipinski definition) is 1. The number of benzene rings is 1. The Morgan fingerprint density at radius 2 is 2.15 bits per heavy atom. The molecule has 1 heterocycles. The molecule has 0 aromatic heterocycles. The highest BCUT2D eigenvalue weighted by molar-refractivity contribution is 5.76. The van der Waals surface area contributed by atoms with Crippen LogP contribution in [-0.4, -0.2) is 36.1 Å². The molecule has 2 rings (SSSR count). The molecule has 1 aliphatic rings. The van der Waals surface area contributed by atoms with Gasteiger partial charge in [0.15, 0.2) is 0 Å². The molecule has 0 bridgehead atoms. The van der Waals surface area contributed by atoms with Crippen molar-refractivity contribution in [3.05, 3.63) is 35.9 Å². The topological polar surface area (TPSA) is 55.6 Å². The number of carbonyl (C=O) groups excluding carboxylic acids is 1. The van der Waals surface area contributed by atoms with Gasteiger partial charge >= 0.3 is 5.97 Å². The van der Waals surface area contributed by atoms with Crippen molar-refractivity contribution in [1.82, 2.24) is 4.90 Å². The molecule has 4 heteroatoms. The number of carbonyl (C=O) groups is 1. The zero-order chi connectivity index (χ0) is 14.5. The Morgan fingerprint density at radius 3 is 2.80 bits per heavy atom. The Bertz CT molecular complexity index is 435. The molecule has 1 fully saturated rings. The van der Waals surface area contributed by atoms with Gasteiger partial charge in [0, 0.05) is 18.6 Å². The van der Waals surface area contributed by atoms with E-state index in [2.05, 4.69) is 24.0 Å². The van der Waals surface area contributed by atoms with Gasteiger partial charge in [0.2, 0.25) is 0 Å². The van der Waals surface area contributed by atoms with Gasteiger partial charge in [-0.3, -0.25) is 9.69 Å². The zero-order valence-electron chi connectivity index (χ0n) is 12.3. The van der Waals surface area contributed by atoms with Crippen LogP contribution in [0.1, 0.15) is 38.3 Å². The van der Waals surface area contributed by atoms with Gasteiger partial charge in [-0.25, -0.2) is 0 Å². The van der Waals surface area contributed by atoms with Gasteiger partial charge in [0.1, 0.15) is 6.04 Å². The van der Waals surface area contributed by atoms with Crippen molar-refractivity contribution < 1.29 is 9.53 Å². The molecule has 2 N–H and O–H groups in total. The van der Waals surface area contributed by atoms with E-state index in [1.807, 2.05) is 25.1 Å². The molecule has 0 saturated carbocycles. The van der Waals surface area contributed by atoms with Gasteiger partial charge in [-0.15, -0.1) is 0 Å². The van der Waals surface area contributed by atoms with E-state index in [-0.39, 0.29) is 24.1 Å². The Morgan fingerprint density at radius 1 is 1.45 bits per heavy atom. The summed E-state index contributed by atoms with van der Waals surface area (Å²) in [5.41, 5.74) is 7.25. The van der Waals surface area contributed by atoms with E-state index in [1.54, 1.807) is 0 Å². The van der Waals surface area contributed by atoms with Crippen molar-refractivity contribution in [1.29, 1.82) is 0 Å². The molecule has 1 aromatic carbocycles. The summed E-state index contributed by atoms with van der Waals surface area (Å²) in [5, 5.41) is 0. The maximum Gasteiger partial charge on any atom is 0.323 e. The highest BCUT2D eigenvalue weighted by Crippen LogP contribution is 2.28. The van der Waals surface area contributed by atoms with Gasteiger partial charge in [-0.05, 0) is 32.3 Å². The minimum Gasteiger partial charge on any atom is -0.465 e. The predicted molar refractivity (Wildman–Crippen MR) is 79.2 cm³/mol. The molecule has 4 nitrogen and oxygen atoms in total. The number of rotatable bonds is 4. The highest BCUT2D eigenvalue weighted by atomic mass is 16.5. The summed E-state index contributed by atoms with van der Waals surface area (Å²) in [7, 11) is 0. The number of likely N-dealkylation sites (tertiary alicyclic amines) is 1. The standard InChI is InChI=1S/C16H24N2O2/c1-3-20-16(19)15-11-14(17)9-10-18(15)12(2)13-7-5-4-6-8-13/h4-8,12,14-15H,3,9-11,17H2,1-2H3/t12-,14+,15-/m0/s1. The van der Waals surface area contributed by atoms with E-state index < -0.39 is 0 Å². The Labute approximate surface area is 120 Å². The average Bonchev–Trinajstić information content (AvgIpc) is 2.47. The van der Waals surface area contributed by atoms with Crippen LogP contribution in [0.5, 0.6) is 0 Å². The van der Waals surface area contributed by atoms with E-state index in [0.29, 0.717) is 13.0 Å². The average molecular weight is 276 g/mol. The van der Waals surface area contributed by atoms with Gasteiger partial charge in [-0.1, -0.05) is 30.3 Å². The lowest BCUT2D eigenvalue weighted by atomic mass is 9.94. The summed E-state index contributed by atoms with van der Waals surface area (Å²) >= 11 is 0. The van der Waals surface area contributed by atoms with Crippen molar-refractivity contribution in [2.24, 2.45) is 5.73 Å². The van der Waals surface area contributed by atoms with Crippen LogP contribution in [0.15, 0.2) is 30.3 Å². The number of ether oxygens (including phenoxy) is 1. The molecule has 0 aliphatic carbocycles. The fourth-order valence-electron chi connectivity index (χ4n) is 2.87. The fraction of sp³-hybridized carbons (Fsp3) is 0.562. The van der Waals surface area contributed by atoms with Crippen LogP contribution < -0.4 is 5.73 Å². The summed E-state index contributed by atoms with van der Waals surface area (Å²) in [5.74, 6) is -0.148. The predicted octanol–water partition coefficient (Wildman–Crippen LogP) is 2.10. The minimum absolute atomic E-state index is 0.0867. The van der Waals surface area contributed by atoms with E-state index in [0.717, 1.165) is 13.0 Å². The van der Waals surface area contributed by atoms with Crippen molar-refractivity contribution in [3.63, 3.8) is 0 Å². The molecule has 1 aromatic rings. The quantitative estimate of drug-likeness (QED) is 0.856. The third kappa shape index (κ3) is 3.38. The first-order chi connectivity index (χ1) is 9.63. The van der Waals surface area contributed by atoms with E-state index in [9.17, 15) is 4.79 Å². The first kappa shape index (κ1) is 15.0. The first-order valence-corrected chi connectivity index (χ1v) is 7.36. The number of piperidine rings is 1. The normalized spacial score (nSPS) is 25.1. The van der Waals surface area contributed by atoms with E-state index in [4.69, 9.17) is 10.5 Å². The van der Waals surface area contributed by atoms with Crippen molar-refractivity contribution >= 4 is 5.97 Å². The molecule has 0 radical (unpaired) electrons. The second kappa shape index (κ2) is 6.86. The number of hydrogen-bond acceptors (Lipinski definition) is 4. The fourth-order valence-corrected chi connectivity index (χ4v) is 2.87. The van der Waals surface area contributed by atoms with Crippen LogP contribution in [0.25, 0.3) is 0 Å². The number of nitrogens with two attached hydrogens (primary N) is 1. The van der Waals surface area contributed by atoms with Gasteiger partial charge in [-0.2, -0.15) is 0 Å². The second-order valence-electron chi connectivity index (χ2n) is 5.38. The summed E-state index contributed by atoms with van der Waals surface area (Å²) in [4.78, 5) is 14.4. The molecule has 110 valence electrons. The molecular formula is C16H24N2O2. The smallest absolute Gasteiger partial charge is 0.323 e. The molecule has 1 aliphatic heterocycles. The van der Waals surface area contributed by atoms with Crippen molar-refractivity contribution in [2.45, 2.75) is 44.8 Å². The molecule has 0 amide bonds. The summed E-state index contributed by atoms with van der Waals surface area (Å²) in [6, 6.07) is 10.3. The van der Waals surface area contributed by atoms with E-state index in [1.165, 1.54) is 5.56 Å². The number of nitrogens with zero attached hydrogens (tertiary/aromatic N) is 1. The molecule has 1 saturated heterocycles. The van der Waals surface area contributed by atoms with Crippen molar-refractivity contribution in [2.75, 3.05) is 13.2 Å². The third-order valence-electron chi connectivity index (χ3n) is 4.02. The minimum atomic E-state index is -0.228. The van der Waals surface area contributed by atoms with Crippen LogP contribution in [0.3, 0.4) is 0 Å². The van der Waals surface area contributed by atoms with Crippen LogP contribution in [0.2, 0.25) is 0 Å². The Kier molecular flexibility index (Phi) is 5.15. The lowest BCUT2D eigenvalue weighted by Gasteiger charge is -2.40. The molecule has 20 heavy (non-hydrogen) atoms. The summed E-state index contributed by atoms with van der Waals surface area (Å²) in [6.45, 7) is 5.23. The largest absolute Gasteiger partial charge is 0.465 e. The van der Waals surface area contributed by atoms with Crippen LogP contribution in [-0.2, 0) is 9.53 Å². The van der Waals surface area contributed by atoms with E-state index >= 15 is 0 Å². The summed E-state index contributed by atoms with van der Waals surface area (Å²) in [6.07, 6.45) is 1.60. The number of esters is 1. The third-order valence-corrected chi connectivity index (χ3v) is 4.02. The van der Waals surface area contributed by atoms with Gasteiger partial charge < -0.3 is 10.5 Å². The maximum atomic E-state index is 12.2. The SMILES string of the molecule is CCOC(=O)[C@@H]1C[C@H](N)CCN1[C@@H](C)c1ccccc1. The monoisotopic (exact) mass is 276 g/mol. The van der Waals surface area contributed by atoms with Gasteiger partial charge in [0.05, 0.1) is 6.61 Å². The lowest BCUT2D eigenvalue weighted by molar-refractivity contribution is -0.152. The first-order valence-electron chi connectivity index (χ1n) is 7.36. The molecular weight excluding hydrogens is 252 g/mol. The maximum absolute atomic E-state index is 12.2. The molecule has 0 spiro atoms. The van der Waals surface area contributed by atoms with Crippen LogP contribution in [0.4, 0.5) is 0 Å². The second-order valence-corrected chi connectivity index (χ2v) is 5.38.